The molecule has 0 unspecified atom stereocenters. The minimum atomic E-state index is -3.73. The first-order valence-electron chi connectivity index (χ1n) is 9.35. The van der Waals surface area contributed by atoms with Crippen molar-refractivity contribution < 1.29 is 13.2 Å². The van der Waals surface area contributed by atoms with Crippen LogP contribution in [0.1, 0.15) is 12.8 Å². The van der Waals surface area contributed by atoms with Gasteiger partial charge in [-0.05, 0) is 43.0 Å². The Kier molecular flexibility index (Phi) is 5.51. The molecule has 2 amide bonds. The van der Waals surface area contributed by atoms with E-state index in [0.29, 0.717) is 11.4 Å². The number of urea groups is 1. The third kappa shape index (κ3) is 3.85. The lowest BCUT2D eigenvalue weighted by Gasteiger charge is -2.35. The standard InChI is InChI=1S/C18H23N5O3S2/c24-18-20-17-15(6-14-27-17)28(25,26)23(18)9-4-3-8-21-10-12-22(13-11-21)16-5-1-2-7-19-16/h1-2,5-7,14H,3-4,8-13H2,(H,20,24). The Hall–Kier alpha value is -2.17. The van der Waals surface area contributed by atoms with Gasteiger partial charge in [0.05, 0.1) is 0 Å². The lowest BCUT2D eigenvalue weighted by Crippen LogP contribution is -2.47. The van der Waals surface area contributed by atoms with E-state index in [0.717, 1.165) is 49.3 Å². The summed E-state index contributed by atoms with van der Waals surface area (Å²) in [5, 5.41) is 4.75. The number of nitrogens with one attached hydrogen (secondary N) is 1. The van der Waals surface area contributed by atoms with Crippen LogP contribution in [0.4, 0.5) is 15.6 Å². The van der Waals surface area contributed by atoms with E-state index in [4.69, 9.17) is 0 Å². The highest BCUT2D eigenvalue weighted by Gasteiger charge is 2.36. The van der Waals surface area contributed by atoms with Crippen LogP contribution in [0.2, 0.25) is 0 Å². The van der Waals surface area contributed by atoms with Gasteiger partial charge in [0, 0.05) is 38.9 Å². The van der Waals surface area contributed by atoms with Crippen molar-refractivity contribution in [2.45, 2.75) is 17.7 Å². The van der Waals surface area contributed by atoms with Crippen LogP contribution in [0, 0.1) is 0 Å². The van der Waals surface area contributed by atoms with Crippen molar-refractivity contribution in [3.63, 3.8) is 0 Å². The lowest BCUT2D eigenvalue weighted by atomic mass is 10.2. The number of aromatic nitrogens is 1. The molecule has 1 N–H and O–H groups in total. The number of anilines is 2. The van der Waals surface area contributed by atoms with Gasteiger partial charge in [0.25, 0.3) is 10.0 Å². The number of rotatable bonds is 6. The fourth-order valence-electron chi connectivity index (χ4n) is 3.53. The van der Waals surface area contributed by atoms with Crippen LogP contribution in [0.15, 0.2) is 40.7 Å². The molecule has 4 rings (SSSR count). The number of hydrogen-bond acceptors (Lipinski definition) is 7. The van der Waals surface area contributed by atoms with Crippen molar-refractivity contribution >= 4 is 38.2 Å². The molecule has 0 radical (unpaired) electrons. The number of carbonyl (C=O) groups excluding carboxylic acids is 1. The third-order valence-electron chi connectivity index (χ3n) is 5.08. The average Bonchev–Trinajstić information content (AvgIpc) is 3.18. The van der Waals surface area contributed by atoms with Gasteiger partial charge < -0.3 is 4.90 Å². The maximum Gasteiger partial charge on any atom is 0.336 e. The van der Waals surface area contributed by atoms with Gasteiger partial charge in [-0.25, -0.2) is 22.5 Å². The van der Waals surface area contributed by atoms with E-state index >= 15 is 0 Å². The first-order chi connectivity index (χ1) is 13.6. The van der Waals surface area contributed by atoms with Crippen LogP contribution in [-0.4, -0.2) is 67.9 Å². The molecule has 0 aliphatic carbocycles. The Labute approximate surface area is 168 Å². The summed E-state index contributed by atoms with van der Waals surface area (Å²) in [5.41, 5.74) is 0. The summed E-state index contributed by atoms with van der Waals surface area (Å²) in [4.78, 5) is 21.4. The Balaban J connectivity index is 1.23. The zero-order valence-corrected chi connectivity index (χ0v) is 17.1. The largest absolute Gasteiger partial charge is 0.354 e. The summed E-state index contributed by atoms with van der Waals surface area (Å²) in [6.45, 7) is 4.88. The van der Waals surface area contributed by atoms with Crippen molar-refractivity contribution in [2.24, 2.45) is 0 Å². The van der Waals surface area contributed by atoms with Gasteiger partial charge in [-0.15, -0.1) is 11.3 Å². The summed E-state index contributed by atoms with van der Waals surface area (Å²) in [6, 6.07) is 6.93. The summed E-state index contributed by atoms with van der Waals surface area (Å²) >= 11 is 1.23. The van der Waals surface area contributed by atoms with E-state index < -0.39 is 16.1 Å². The average molecular weight is 422 g/mol. The summed E-state index contributed by atoms with van der Waals surface area (Å²) < 4.78 is 26.1. The Morgan fingerprint density at radius 3 is 2.61 bits per heavy atom. The minimum absolute atomic E-state index is 0.197. The molecular weight excluding hydrogens is 398 g/mol. The van der Waals surface area contributed by atoms with Crippen LogP contribution < -0.4 is 10.2 Å². The topological polar surface area (TPSA) is 85.8 Å². The molecule has 150 valence electrons. The van der Waals surface area contributed by atoms with E-state index in [9.17, 15) is 13.2 Å². The van der Waals surface area contributed by atoms with Crippen LogP contribution in [0.25, 0.3) is 0 Å². The fourth-order valence-corrected chi connectivity index (χ4v) is 6.15. The van der Waals surface area contributed by atoms with Gasteiger partial charge in [0.15, 0.2) is 0 Å². The number of unbranched alkanes of at least 4 members (excludes halogenated alkanes) is 1. The molecule has 0 atom stereocenters. The normalized spacial score (nSPS) is 19.4. The number of fused-ring (bicyclic) bond motifs is 1. The van der Waals surface area contributed by atoms with Gasteiger partial charge >= 0.3 is 6.03 Å². The highest BCUT2D eigenvalue weighted by molar-refractivity contribution is 7.90. The quantitative estimate of drug-likeness (QED) is 0.721. The zero-order valence-electron chi connectivity index (χ0n) is 15.5. The second kappa shape index (κ2) is 8.06. The predicted molar refractivity (Wildman–Crippen MR) is 109 cm³/mol. The molecule has 2 aliphatic heterocycles. The highest BCUT2D eigenvalue weighted by Crippen LogP contribution is 2.34. The number of pyridine rings is 1. The molecule has 2 aliphatic rings. The highest BCUT2D eigenvalue weighted by atomic mass is 32.2. The van der Waals surface area contributed by atoms with E-state index in [1.54, 1.807) is 11.4 Å². The van der Waals surface area contributed by atoms with Crippen molar-refractivity contribution in [1.29, 1.82) is 0 Å². The third-order valence-corrected chi connectivity index (χ3v) is 7.86. The van der Waals surface area contributed by atoms with Gasteiger partial charge in [-0.1, -0.05) is 6.07 Å². The molecule has 10 heteroatoms. The Morgan fingerprint density at radius 2 is 1.86 bits per heavy atom. The summed E-state index contributed by atoms with van der Waals surface area (Å²) in [6.07, 6.45) is 3.30. The number of amides is 2. The Bertz CT molecular complexity index is 924. The van der Waals surface area contributed by atoms with Gasteiger partial charge in [-0.2, -0.15) is 0 Å². The van der Waals surface area contributed by atoms with E-state index in [-0.39, 0.29) is 11.4 Å². The Morgan fingerprint density at radius 1 is 1.07 bits per heavy atom. The number of hydrogen-bond donors (Lipinski definition) is 1. The number of nitrogens with zero attached hydrogens (tertiary/aromatic N) is 4. The van der Waals surface area contributed by atoms with E-state index in [1.165, 1.54) is 11.3 Å². The van der Waals surface area contributed by atoms with Gasteiger partial charge in [0.2, 0.25) is 0 Å². The summed E-state index contributed by atoms with van der Waals surface area (Å²) in [7, 11) is -3.73. The van der Waals surface area contributed by atoms with Crippen molar-refractivity contribution in [1.82, 2.24) is 14.2 Å². The first-order valence-corrected chi connectivity index (χ1v) is 11.7. The van der Waals surface area contributed by atoms with Crippen LogP contribution in [0.5, 0.6) is 0 Å². The summed E-state index contributed by atoms with van der Waals surface area (Å²) in [5.74, 6) is 1.01. The number of thiophene rings is 1. The first kappa shape index (κ1) is 19.2. The molecule has 4 heterocycles. The van der Waals surface area contributed by atoms with Crippen LogP contribution >= 0.6 is 11.3 Å². The van der Waals surface area contributed by atoms with E-state index in [1.807, 2.05) is 24.4 Å². The fraction of sp³-hybridized carbons (Fsp3) is 0.444. The van der Waals surface area contributed by atoms with E-state index in [2.05, 4.69) is 20.1 Å². The van der Waals surface area contributed by atoms with Gasteiger partial charge in [0.1, 0.15) is 15.7 Å². The van der Waals surface area contributed by atoms with Crippen molar-refractivity contribution in [3.8, 4) is 0 Å². The maximum absolute atomic E-state index is 12.6. The number of carbonyl (C=O) groups is 1. The monoisotopic (exact) mass is 421 g/mol. The molecule has 2 aromatic heterocycles. The molecule has 28 heavy (non-hydrogen) atoms. The SMILES string of the molecule is O=C1Nc2sccc2S(=O)(=O)N1CCCCN1CCN(c2ccccn2)CC1. The molecular formula is C18H23N5O3S2. The number of piperazine rings is 1. The molecule has 2 aromatic rings. The molecule has 1 saturated heterocycles. The van der Waals surface area contributed by atoms with Gasteiger partial charge in [-0.3, -0.25) is 10.2 Å². The van der Waals surface area contributed by atoms with Crippen LogP contribution in [0.3, 0.4) is 0 Å². The lowest BCUT2D eigenvalue weighted by molar-refractivity contribution is 0.230. The molecule has 0 spiro atoms. The zero-order chi connectivity index (χ0) is 19.6. The maximum atomic E-state index is 12.6. The second-order valence-electron chi connectivity index (χ2n) is 6.85. The molecule has 0 aromatic carbocycles. The molecule has 8 nitrogen and oxygen atoms in total. The molecule has 0 bridgehead atoms. The van der Waals surface area contributed by atoms with Crippen LogP contribution in [-0.2, 0) is 10.0 Å². The molecule has 0 saturated carbocycles. The smallest absolute Gasteiger partial charge is 0.336 e. The van der Waals surface area contributed by atoms with Crippen molar-refractivity contribution in [3.05, 3.63) is 35.8 Å². The second-order valence-corrected chi connectivity index (χ2v) is 9.59. The minimum Gasteiger partial charge on any atom is -0.354 e. The predicted octanol–water partition coefficient (Wildman–Crippen LogP) is 2.28. The van der Waals surface area contributed by atoms with Crippen molar-refractivity contribution in [2.75, 3.05) is 49.5 Å². The number of sulfonamides is 1. The molecule has 1 fully saturated rings.